The Morgan fingerprint density at radius 1 is 1.44 bits per heavy atom. The lowest BCUT2D eigenvalue weighted by atomic mass is 10.1. The van der Waals surface area contributed by atoms with Crippen molar-refractivity contribution in [1.82, 2.24) is 20.4 Å². The molecular weight excluding hydrogens is 228 g/mol. The number of pyridine rings is 1. The molecule has 0 fully saturated rings. The Balaban J connectivity index is 2.06. The van der Waals surface area contributed by atoms with Crippen LogP contribution >= 0.6 is 0 Å². The molecule has 0 spiro atoms. The second-order valence-corrected chi connectivity index (χ2v) is 4.23. The zero-order valence-electron chi connectivity index (χ0n) is 10.8. The average molecular weight is 246 g/mol. The van der Waals surface area contributed by atoms with Crippen molar-refractivity contribution in [2.45, 2.75) is 32.2 Å². The average Bonchev–Trinajstić information content (AvgIpc) is 2.88. The van der Waals surface area contributed by atoms with Gasteiger partial charge in [-0.1, -0.05) is 18.5 Å². The Labute approximate surface area is 107 Å². The summed E-state index contributed by atoms with van der Waals surface area (Å²) in [6, 6.07) is 4.17. The van der Waals surface area contributed by atoms with E-state index in [2.05, 4.69) is 27.4 Å². The maximum atomic E-state index is 5.27. The first-order chi connectivity index (χ1) is 8.83. The van der Waals surface area contributed by atoms with Crippen LogP contribution in [0.2, 0.25) is 0 Å². The third-order valence-electron chi connectivity index (χ3n) is 2.85. The molecule has 0 bridgehead atoms. The third kappa shape index (κ3) is 3.13. The van der Waals surface area contributed by atoms with Crippen molar-refractivity contribution < 1.29 is 4.52 Å². The van der Waals surface area contributed by atoms with Gasteiger partial charge in [-0.05, 0) is 25.6 Å². The molecule has 0 aliphatic heterocycles. The van der Waals surface area contributed by atoms with Crippen molar-refractivity contribution in [3.05, 3.63) is 30.4 Å². The van der Waals surface area contributed by atoms with Gasteiger partial charge >= 0.3 is 0 Å². The number of rotatable bonds is 6. The maximum absolute atomic E-state index is 5.27. The predicted octanol–water partition coefficient (Wildman–Crippen LogP) is 2.06. The van der Waals surface area contributed by atoms with Crippen LogP contribution in [-0.2, 0) is 6.42 Å². The van der Waals surface area contributed by atoms with Crippen LogP contribution in [0.4, 0.5) is 0 Å². The lowest BCUT2D eigenvalue weighted by Gasteiger charge is -2.11. The van der Waals surface area contributed by atoms with Gasteiger partial charge in [0.1, 0.15) is 0 Å². The quantitative estimate of drug-likeness (QED) is 0.845. The van der Waals surface area contributed by atoms with Crippen molar-refractivity contribution in [2.24, 2.45) is 0 Å². The van der Waals surface area contributed by atoms with Gasteiger partial charge in [0.15, 0.2) is 0 Å². The summed E-state index contributed by atoms with van der Waals surface area (Å²) in [5.41, 5.74) is 0.879. The standard InChI is InChI=1S/C13H18N4O/c1-3-5-11(14-2)8-12-16-13(17-18-12)10-6-4-7-15-9-10/h4,6-7,9,11,14H,3,5,8H2,1-2H3. The van der Waals surface area contributed by atoms with Gasteiger partial charge in [0.2, 0.25) is 11.7 Å². The van der Waals surface area contributed by atoms with Crippen molar-refractivity contribution >= 4 is 0 Å². The van der Waals surface area contributed by atoms with Crippen molar-refractivity contribution in [2.75, 3.05) is 7.05 Å². The molecule has 0 aromatic carbocycles. The fraction of sp³-hybridized carbons (Fsp3) is 0.462. The summed E-state index contributed by atoms with van der Waals surface area (Å²) in [5, 5.41) is 7.24. The molecule has 1 N–H and O–H groups in total. The smallest absolute Gasteiger partial charge is 0.228 e. The van der Waals surface area contributed by atoms with E-state index in [9.17, 15) is 0 Å². The Kier molecular flexibility index (Phi) is 4.41. The van der Waals surface area contributed by atoms with Gasteiger partial charge in [0, 0.05) is 30.4 Å². The van der Waals surface area contributed by atoms with Crippen LogP contribution in [-0.4, -0.2) is 28.2 Å². The molecule has 96 valence electrons. The van der Waals surface area contributed by atoms with E-state index in [0.29, 0.717) is 17.8 Å². The zero-order valence-corrected chi connectivity index (χ0v) is 10.8. The van der Waals surface area contributed by atoms with E-state index in [4.69, 9.17) is 4.52 Å². The highest BCUT2D eigenvalue weighted by Gasteiger charge is 2.13. The molecule has 2 heterocycles. The SMILES string of the molecule is CCCC(Cc1nc(-c2cccnc2)no1)NC. The van der Waals surface area contributed by atoms with E-state index >= 15 is 0 Å². The highest BCUT2D eigenvalue weighted by molar-refractivity contribution is 5.51. The molecule has 1 atom stereocenters. The second-order valence-electron chi connectivity index (χ2n) is 4.23. The fourth-order valence-electron chi connectivity index (χ4n) is 1.86. The minimum Gasteiger partial charge on any atom is -0.339 e. The molecule has 5 nitrogen and oxygen atoms in total. The van der Waals surface area contributed by atoms with Crippen LogP contribution in [0.15, 0.2) is 29.0 Å². The summed E-state index contributed by atoms with van der Waals surface area (Å²) < 4.78 is 5.27. The van der Waals surface area contributed by atoms with Crippen LogP contribution in [0.1, 0.15) is 25.7 Å². The largest absolute Gasteiger partial charge is 0.339 e. The molecule has 18 heavy (non-hydrogen) atoms. The van der Waals surface area contributed by atoms with Crippen LogP contribution in [0.5, 0.6) is 0 Å². The van der Waals surface area contributed by atoms with E-state index in [0.717, 1.165) is 24.8 Å². The number of nitrogens with one attached hydrogen (secondary N) is 1. The summed E-state index contributed by atoms with van der Waals surface area (Å²) in [6.45, 7) is 2.17. The van der Waals surface area contributed by atoms with Gasteiger partial charge in [0.05, 0.1) is 0 Å². The minimum absolute atomic E-state index is 0.386. The van der Waals surface area contributed by atoms with E-state index in [1.807, 2.05) is 19.2 Å². The predicted molar refractivity (Wildman–Crippen MR) is 69.0 cm³/mol. The van der Waals surface area contributed by atoms with Crippen LogP contribution < -0.4 is 5.32 Å². The molecule has 2 aromatic heterocycles. The van der Waals surface area contributed by atoms with E-state index < -0.39 is 0 Å². The number of hydrogen-bond acceptors (Lipinski definition) is 5. The van der Waals surface area contributed by atoms with Crippen LogP contribution in [0.3, 0.4) is 0 Å². The summed E-state index contributed by atoms with van der Waals surface area (Å²) >= 11 is 0. The van der Waals surface area contributed by atoms with Gasteiger partial charge in [-0.2, -0.15) is 4.98 Å². The molecule has 0 saturated carbocycles. The molecule has 0 radical (unpaired) electrons. The van der Waals surface area contributed by atoms with Gasteiger partial charge < -0.3 is 9.84 Å². The molecule has 0 amide bonds. The molecule has 2 aromatic rings. The first-order valence-electron chi connectivity index (χ1n) is 6.23. The monoisotopic (exact) mass is 246 g/mol. The van der Waals surface area contributed by atoms with E-state index in [1.165, 1.54) is 0 Å². The highest BCUT2D eigenvalue weighted by atomic mass is 16.5. The highest BCUT2D eigenvalue weighted by Crippen LogP contribution is 2.15. The maximum Gasteiger partial charge on any atom is 0.228 e. The van der Waals surface area contributed by atoms with Crippen molar-refractivity contribution in [1.29, 1.82) is 0 Å². The zero-order chi connectivity index (χ0) is 12.8. The molecule has 2 rings (SSSR count). The lowest BCUT2D eigenvalue weighted by Crippen LogP contribution is -2.27. The Morgan fingerprint density at radius 2 is 2.33 bits per heavy atom. The number of likely N-dealkylation sites (N-methyl/N-ethyl adjacent to an activating group) is 1. The topological polar surface area (TPSA) is 63.8 Å². The summed E-state index contributed by atoms with van der Waals surface area (Å²) in [5.74, 6) is 1.27. The van der Waals surface area contributed by atoms with Crippen LogP contribution in [0, 0.1) is 0 Å². The molecule has 1 unspecified atom stereocenters. The van der Waals surface area contributed by atoms with E-state index in [1.54, 1.807) is 12.4 Å². The second kappa shape index (κ2) is 6.26. The minimum atomic E-state index is 0.386. The Bertz CT molecular complexity index is 469. The number of nitrogens with zero attached hydrogens (tertiary/aromatic N) is 3. The summed E-state index contributed by atoms with van der Waals surface area (Å²) in [7, 11) is 1.96. The number of aromatic nitrogens is 3. The molecule has 5 heteroatoms. The molecule has 0 aliphatic rings. The molecule has 0 aliphatic carbocycles. The van der Waals surface area contributed by atoms with Gasteiger partial charge in [-0.15, -0.1) is 0 Å². The van der Waals surface area contributed by atoms with Gasteiger partial charge in [0.25, 0.3) is 0 Å². The first-order valence-corrected chi connectivity index (χ1v) is 6.23. The van der Waals surface area contributed by atoms with Gasteiger partial charge in [-0.3, -0.25) is 4.98 Å². The fourth-order valence-corrected chi connectivity index (χ4v) is 1.86. The third-order valence-corrected chi connectivity index (χ3v) is 2.85. The Morgan fingerprint density at radius 3 is 3.00 bits per heavy atom. The van der Waals surface area contributed by atoms with Crippen molar-refractivity contribution in [3.8, 4) is 11.4 Å². The summed E-state index contributed by atoms with van der Waals surface area (Å²) in [4.78, 5) is 8.44. The molecular formula is C13H18N4O. The first kappa shape index (κ1) is 12.7. The summed E-state index contributed by atoms with van der Waals surface area (Å²) in [6.07, 6.45) is 6.45. The normalized spacial score (nSPS) is 12.6. The lowest BCUT2D eigenvalue weighted by molar-refractivity contribution is 0.356. The van der Waals surface area contributed by atoms with Crippen molar-refractivity contribution in [3.63, 3.8) is 0 Å². The van der Waals surface area contributed by atoms with Crippen LogP contribution in [0.25, 0.3) is 11.4 Å². The Hall–Kier alpha value is -1.75. The number of hydrogen-bond donors (Lipinski definition) is 1. The molecule has 0 saturated heterocycles. The van der Waals surface area contributed by atoms with E-state index in [-0.39, 0.29) is 0 Å². The van der Waals surface area contributed by atoms with Gasteiger partial charge in [-0.25, -0.2) is 0 Å².